The molecule has 1 aliphatic rings. The number of piperidine rings is 1. The summed E-state index contributed by atoms with van der Waals surface area (Å²) in [5.74, 6) is -1.64. The standard InChI is InChI=1S/C13H18F3N3OS/c1-8-9(2)21-12(17-8)18-11(20)7-19-5-3-4-10(6-19)13(14,15)16/h10H,3-7H2,1-2H3,(H,17,18,20). The molecule has 4 nitrogen and oxygen atoms in total. The summed E-state index contributed by atoms with van der Waals surface area (Å²) in [5, 5.41) is 3.15. The van der Waals surface area contributed by atoms with Crippen LogP contribution in [0.15, 0.2) is 0 Å². The second-order valence-electron chi connectivity index (χ2n) is 5.32. The summed E-state index contributed by atoms with van der Waals surface area (Å²) >= 11 is 1.37. The number of aryl methyl sites for hydroxylation is 2. The van der Waals surface area contributed by atoms with E-state index in [1.807, 2.05) is 13.8 Å². The minimum Gasteiger partial charge on any atom is -0.301 e. The van der Waals surface area contributed by atoms with E-state index in [4.69, 9.17) is 0 Å². The highest BCUT2D eigenvalue weighted by Crippen LogP contribution is 2.33. The Kier molecular flexibility index (Phi) is 4.88. The van der Waals surface area contributed by atoms with Crippen molar-refractivity contribution in [3.05, 3.63) is 10.6 Å². The molecule has 1 N–H and O–H groups in total. The molecule has 21 heavy (non-hydrogen) atoms. The van der Waals surface area contributed by atoms with Gasteiger partial charge in [-0.05, 0) is 33.2 Å². The first-order valence-corrected chi connectivity index (χ1v) is 7.60. The third-order valence-corrected chi connectivity index (χ3v) is 4.60. The zero-order chi connectivity index (χ0) is 15.6. The molecular formula is C13H18F3N3OS. The van der Waals surface area contributed by atoms with E-state index in [0.29, 0.717) is 18.1 Å². The molecule has 8 heteroatoms. The number of rotatable bonds is 3. The van der Waals surface area contributed by atoms with Crippen LogP contribution in [0, 0.1) is 19.8 Å². The Hall–Kier alpha value is -1.15. The maximum absolute atomic E-state index is 12.7. The summed E-state index contributed by atoms with van der Waals surface area (Å²) in [6, 6.07) is 0. The fourth-order valence-electron chi connectivity index (χ4n) is 2.35. The number of likely N-dealkylation sites (tertiary alicyclic amines) is 1. The molecule has 0 aliphatic carbocycles. The van der Waals surface area contributed by atoms with Crippen LogP contribution in [-0.4, -0.2) is 41.6 Å². The van der Waals surface area contributed by atoms with E-state index in [-0.39, 0.29) is 25.4 Å². The number of hydrogen-bond donors (Lipinski definition) is 1. The van der Waals surface area contributed by atoms with Gasteiger partial charge >= 0.3 is 6.18 Å². The van der Waals surface area contributed by atoms with Crippen molar-refractivity contribution >= 4 is 22.4 Å². The number of halogens is 3. The minimum atomic E-state index is -4.18. The van der Waals surface area contributed by atoms with E-state index >= 15 is 0 Å². The first kappa shape index (κ1) is 16.2. The van der Waals surface area contributed by atoms with Gasteiger partial charge in [-0.3, -0.25) is 9.69 Å². The van der Waals surface area contributed by atoms with Gasteiger partial charge < -0.3 is 5.32 Å². The average Bonchev–Trinajstić information content (AvgIpc) is 2.67. The van der Waals surface area contributed by atoms with Gasteiger partial charge in [0, 0.05) is 11.4 Å². The molecule has 1 saturated heterocycles. The zero-order valence-corrected chi connectivity index (χ0v) is 12.8. The number of thiazole rings is 1. The fourth-order valence-corrected chi connectivity index (χ4v) is 3.19. The van der Waals surface area contributed by atoms with Crippen molar-refractivity contribution in [1.82, 2.24) is 9.88 Å². The van der Waals surface area contributed by atoms with Crippen molar-refractivity contribution in [2.24, 2.45) is 5.92 Å². The van der Waals surface area contributed by atoms with Gasteiger partial charge in [0.25, 0.3) is 0 Å². The number of nitrogens with zero attached hydrogens (tertiary/aromatic N) is 2. The molecule has 1 atom stereocenters. The van der Waals surface area contributed by atoms with E-state index in [1.165, 1.54) is 11.3 Å². The largest absolute Gasteiger partial charge is 0.393 e. The quantitative estimate of drug-likeness (QED) is 0.931. The summed E-state index contributed by atoms with van der Waals surface area (Å²) in [5.41, 5.74) is 0.852. The summed E-state index contributed by atoms with van der Waals surface area (Å²) < 4.78 is 38.1. The molecule has 0 bridgehead atoms. The molecule has 1 amide bonds. The predicted octanol–water partition coefficient (Wildman–Crippen LogP) is 2.97. The van der Waals surface area contributed by atoms with Crippen LogP contribution >= 0.6 is 11.3 Å². The Bertz CT molecular complexity index is 496. The highest BCUT2D eigenvalue weighted by Gasteiger charge is 2.41. The van der Waals surface area contributed by atoms with Crippen molar-refractivity contribution < 1.29 is 18.0 Å². The number of carbonyl (C=O) groups excluding carboxylic acids is 1. The SMILES string of the molecule is Cc1nc(NC(=O)CN2CCCC(C(F)(F)F)C2)sc1C. The molecule has 0 aromatic carbocycles. The molecular weight excluding hydrogens is 303 g/mol. The first-order chi connectivity index (χ1) is 9.75. The molecule has 1 unspecified atom stereocenters. The van der Waals surface area contributed by atoms with E-state index in [0.717, 1.165) is 10.6 Å². The lowest BCUT2D eigenvalue weighted by atomic mass is 9.97. The summed E-state index contributed by atoms with van der Waals surface area (Å²) in [7, 11) is 0. The minimum absolute atomic E-state index is 0.0236. The number of nitrogens with one attached hydrogen (secondary N) is 1. The molecule has 0 radical (unpaired) electrons. The van der Waals surface area contributed by atoms with Crippen LogP contribution in [0.2, 0.25) is 0 Å². The van der Waals surface area contributed by atoms with Crippen LogP contribution in [0.5, 0.6) is 0 Å². The molecule has 0 spiro atoms. The number of alkyl halides is 3. The smallest absolute Gasteiger partial charge is 0.301 e. The molecule has 2 heterocycles. The van der Waals surface area contributed by atoms with Crippen LogP contribution in [0.4, 0.5) is 18.3 Å². The number of anilines is 1. The highest BCUT2D eigenvalue weighted by atomic mass is 32.1. The Morgan fingerprint density at radius 1 is 1.48 bits per heavy atom. The maximum Gasteiger partial charge on any atom is 0.393 e. The van der Waals surface area contributed by atoms with Crippen molar-refractivity contribution in [3.8, 4) is 0 Å². The van der Waals surface area contributed by atoms with E-state index in [2.05, 4.69) is 10.3 Å². The number of amides is 1. The molecule has 1 aliphatic heterocycles. The second kappa shape index (κ2) is 6.31. The van der Waals surface area contributed by atoms with Gasteiger partial charge in [0.15, 0.2) is 5.13 Å². The van der Waals surface area contributed by atoms with Gasteiger partial charge in [-0.1, -0.05) is 0 Å². The fraction of sp³-hybridized carbons (Fsp3) is 0.692. The lowest BCUT2D eigenvalue weighted by Crippen LogP contribution is -2.44. The van der Waals surface area contributed by atoms with Gasteiger partial charge in [0.2, 0.25) is 5.91 Å². The molecule has 2 rings (SSSR count). The van der Waals surface area contributed by atoms with Gasteiger partial charge in [0.1, 0.15) is 0 Å². The molecule has 1 fully saturated rings. The zero-order valence-electron chi connectivity index (χ0n) is 12.0. The maximum atomic E-state index is 12.7. The first-order valence-electron chi connectivity index (χ1n) is 6.78. The molecule has 0 saturated carbocycles. The Morgan fingerprint density at radius 2 is 2.19 bits per heavy atom. The topological polar surface area (TPSA) is 45.2 Å². The normalized spacial score (nSPS) is 20.5. The Balaban J connectivity index is 1.87. The predicted molar refractivity (Wildman–Crippen MR) is 75.4 cm³/mol. The molecule has 118 valence electrons. The average molecular weight is 321 g/mol. The number of hydrogen-bond acceptors (Lipinski definition) is 4. The van der Waals surface area contributed by atoms with E-state index in [1.54, 1.807) is 4.90 Å². The second-order valence-corrected chi connectivity index (χ2v) is 6.53. The lowest BCUT2D eigenvalue weighted by Gasteiger charge is -2.33. The summed E-state index contributed by atoms with van der Waals surface area (Å²) in [6.45, 7) is 4.15. The van der Waals surface area contributed by atoms with Gasteiger partial charge in [0.05, 0.1) is 18.2 Å². The van der Waals surface area contributed by atoms with Crippen LogP contribution in [0.3, 0.4) is 0 Å². The van der Waals surface area contributed by atoms with Gasteiger partial charge in [-0.25, -0.2) is 4.98 Å². The lowest BCUT2D eigenvalue weighted by molar-refractivity contribution is -0.186. The van der Waals surface area contributed by atoms with Crippen LogP contribution in [-0.2, 0) is 4.79 Å². The van der Waals surface area contributed by atoms with Crippen molar-refractivity contribution in [1.29, 1.82) is 0 Å². The Morgan fingerprint density at radius 3 is 2.76 bits per heavy atom. The molecule has 1 aromatic rings. The number of aromatic nitrogens is 1. The van der Waals surface area contributed by atoms with Gasteiger partial charge in [-0.2, -0.15) is 13.2 Å². The van der Waals surface area contributed by atoms with Gasteiger partial charge in [-0.15, -0.1) is 11.3 Å². The highest BCUT2D eigenvalue weighted by molar-refractivity contribution is 7.15. The van der Waals surface area contributed by atoms with Crippen LogP contribution in [0.25, 0.3) is 0 Å². The van der Waals surface area contributed by atoms with Crippen LogP contribution in [0.1, 0.15) is 23.4 Å². The molecule has 1 aromatic heterocycles. The van der Waals surface area contributed by atoms with Crippen molar-refractivity contribution in [2.45, 2.75) is 32.9 Å². The van der Waals surface area contributed by atoms with Crippen molar-refractivity contribution in [3.63, 3.8) is 0 Å². The summed E-state index contributed by atoms with van der Waals surface area (Å²) in [4.78, 5) is 18.6. The Labute approximate surface area is 125 Å². The third-order valence-electron chi connectivity index (χ3n) is 3.61. The van der Waals surface area contributed by atoms with E-state index < -0.39 is 12.1 Å². The monoisotopic (exact) mass is 321 g/mol. The third kappa shape index (κ3) is 4.41. The van der Waals surface area contributed by atoms with E-state index in [9.17, 15) is 18.0 Å². The van der Waals surface area contributed by atoms with Crippen molar-refractivity contribution in [2.75, 3.05) is 25.0 Å². The summed E-state index contributed by atoms with van der Waals surface area (Å²) in [6.07, 6.45) is -3.57. The number of carbonyl (C=O) groups is 1. The van der Waals surface area contributed by atoms with Crippen LogP contribution < -0.4 is 5.32 Å².